The lowest BCUT2D eigenvalue weighted by Gasteiger charge is -2.18. The summed E-state index contributed by atoms with van der Waals surface area (Å²) in [6, 6.07) is 5.95. The molecule has 0 amide bonds. The Morgan fingerprint density at radius 1 is 1.43 bits per heavy atom. The highest BCUT2D eigenvalue weighted by Crippen LogP contribution is 2.29. The van der Waals surface area contributed by atoms with Gasteiger partial charge in [-0.3, -0.25) is 0 Å². The van der Waals surface area contributed by atoms with Crippen LogP contribution in [0.5, 0.6) is 5.75 Å². The molecule has 0 radical (unpaired) electrons. The summed E-state index contributed by atoms with van der Waals surface area (Å²) in [6.07, 6.45) is 4.68. The second-order valence-corrected chi connectivity index (χ2v) is 5.58. The summed E-state index contributed by atoms with van der Waals surface area (Å²) in [4.78, 5) is 4.10. The van der Waals surface area contributed by atoms with E-state index in [2.05, 4.69) is 24.1 Å². The molecule has 1 N–H and O–H groups in total. The Kier molecular flexibility index (Phi) is 5.65. The first kappa shape index (κ1) is 15.9. The average molecular weight is 308 g/mol. The van der Waals surface area contributed by atoms with Crippen molar-refractivity contribution in [3.05, 3.63) is 47.0 Å². The fourth-order valence-electron chi connectivity index (χ4n) is 2.14. The number of nitrogens with zero attached hydrogens (tertiary/aromatic N) is 2. The minimum absolute atomic E-state index is 0.199. The standard InChI is InChI=1S/C16H22ClN3O/c1-4-7-19-12(2)15-8-13(17)5-6-16(15)21-10-14-9-18-11-20(14)3/h5-6,8-9,11-12,19H,4,7,10H2,1-3H3. The van der Waals surface area contributed by atoms with Crippen LogP contribution in [0.2, 0.25) is 5.02 Å². The molecular weight excluding hydrogens is 286 g/mol. The zero-order valence-corrected chi connectivity index (χ0v) is 13.5. The van der Waals surface area contributed by atoms with E-state index < -0.39 is 0 Å². The predicted octanol–water partition coefficient (Wildman–Crippen LogP) is 3.71. The molecule has 5 heteroatoms. The zero-order valence-electron chi connectivity index (χ0n) is 12.8. The molecule has 2 aromatic rings. The van der Waals surface area contributed by atoms with Crippen LogP contribution in [-0.4, -0.2) is 16.1 Å². The van der Waals surface area contributed by atoms with Crippen molar-refractivity contribution in [3.63, 3.8) is 0 Å². The third kappa shape index (κ3) is 4.22. The minimum Gasteiger partial charge on any atom is -0.487 e. The number of hydrogen-bond donors (Lipinski definition) is 1. The third-order valence-corrected chi connectivity index (χ3v) is 3.67. The molecule has 2 rings (SSSR count). The van der Waals surface area contributed by atoms with Crippen molar-refractivity contribution >= 4 is 11.6 Å². The van der Waals surface area contributed by atoms with Gasteiger partial charge in [0.15, 0.2) is 0 Å². The smallest absolute Gasteiger partial charge is 0.130 e. The molecule has 0 aliphatic heterocycles. The van der Waals surface area contributed by atoms with E-state index in [1.165, 1.54) is 0 Å². The van der Waals surface area contributed by atoms with E-state index in [1.807, 2.05) is 36.0 Å². The van der Waals surface area contributed by atoms with E-state index in [9.17, 15) is 0 Å². The fourth-order valence-corrected chi connectivity index (χ4v) is 2.32. The highest BCUT2D eigenvalue weighted by Gasteiger charge is 2.12. The number of aryl methyl sites for hydroxylation is 1. The monoisotopic (exact) mass is 307 g/mol. The van der Waals surface area contributed by atoms with Crippen molar-refractivity contribution in [3.8, 4) is 5.75 Å². The number of hydrogen-bond acceptors (Lipinski definition) is 3. The van der Waals surface area contributed by atoms with Gasteiger partial charge in [-0.1, -0.05) is 18.5 Å². The van der Waals surface area contributed by atoms with Crippen LogP contribution >= 0.6 is 11.6 Å². The Morgan fingerprint density at radius 3 is 2.90 bits per heavy atom. The van der Waals surface area contributed by atoms with Crippen LogP contribution in [0.25, 0.3) is 0 Å². The molecule has 1 aromatic heterocycles. The second kappa shape index (κ2) is 7.48. The lowest BCUT2D eigenvalue weighted by molar-refractivity contribution is 0.291. The van der Waals surface area contributed by atoms with Gasteiger partial charge in [-0.05, 0) is 38.1 Å². The summed E-state index contributed by atoms with van der Waals surface area (Å²) in [5, 5.41) is 4.19. The Bertz CT molecular complexity index is 583. The summed E-state index contributed by atoms with van der Waals surface area (Å²) in [7, 11) is 1.96. The molecule has 0 fully saturated rings. The maximum absolute atomic E-state index is 6.12. The van der Waals surface area contributed by atoms with Gasteiger partial charge < -0.3 is 14.6 Å². The Labute approximate surface area is 131 Å². The predicted molar refractivity (Wildman–Crippen MR) is 85.7 cm³/mol. The fraction of sp³-hybridized carbons (Fsp3) is 0.438. The van der Waals surface area contributed by atoms with Gasteiger partial charge in [-0.2, -0.15) is 0 Å². The topological polar surface area (TPSA) is 39.1 Å². The molecule has 1 unspecified atom stereocenters. The van der Waals surface area contributed by atoms with Crippen molar-refractivity contribution in [2.45, 2.75) is 32.9 Å². The summed E-state index contributed by atoms with van der Waals surface area (Å²) in [5.74, 6) is 0.858. The summed E-state index contributed by atoms with van der Waals surface area (Å²) >= 11 is 6.12. The molecule has 21 heavy (non-hydrogen) atoms. The van der Waals surface area contributed by atoms with Gasteiger partial charge in [-0.25, -0.2) is 4.98 Å². The van der Waals surface area contributed by atoms with Gasteiger partial charge in [0.05, 0.1) is 18.2 Å². The maximum atomic E-state index is 6.12. The molecule has 1 atom stereocenters. The lowest BCUT2D eigenvalue weighted by Crippen LogP contribution is -2.20. The van der Waals surface area contributed by atoms with E-state index in [0.29, 0.717) is 6.61 Å². The molecular formula is C16H22ClN3O. The number of halogens is 1. The largest absolute Gasteiger partial charge is 0.487 e. The molecule has 0 saturated heterocycles. The third-order valence-electron chi connectivity index (χ3n) is 3.43. The summed E-state index contributed by atoms with van der Waals surface area (Å²) in [5.41, 5.74) is 2.11. The quantitative estimate of drug-likeness (QED) is 0.847. The molecule has 4 nitrogen and oxygen atoms in total. The van der Waals surface area contributed by atoms with Crippen LogP contribution < -0.4 is 10.1 Å². The van der Waals surface area contributed by atoms with Gasteiger partial charge in [0.25, 0.3) is 0 Å². The van der Waals surface area contributed by atoms with Crippen molar-refractivity contribution in [2.24, 2.45) is 7.05 Å². The van der Waals surface area contributed by atoms with Crippen LogP contribution in [0.1, 0.15) is 37.6 Å². The molecule has 0 saturated carbocycles. The van der Waals surface area contributed by atoms with Crippen molar-refractivity contribution in [1.82, 2.24) is 14.9 Å². The summed E-state index contributed by atoms with van der Waals surface area (Å²) in [6.45, 7) is 5.73. The zero-order chi connectivity index (χ0) is 15.2. The first-order valence-electron chi connectivity index (χ1n) is 7.22. The second-order valence-electron chi connectivity index (χ2n) is 5.14. The van der Waals surface area contributed by atoms with Crippen LogP contribution in [0, 0.1) is 0 Å². The summed E-state index contributed by atoms with van der Waals surface area (Å²) < 4.78 is 7.91. The highest BCUT2D eigenvalue weighted by atomic mass is 35.5. The number of nitrogens with one attached hydrogen (secondary N) is 1. The van der Waals surface area contributed by atoms with Crippen LogP contribution in [0.3, 0.4) is 0 Å². The van der Waals surface area contributed by atoms with Crippen molar-refractivity contribution < 1.29 is 4.74 Å². The van der Waals surface area contributed by atoms with Crippen LogP contribution in [-0.2, 0) is 13.7 Å². The Balaban J connectivity index is 2.12. The number of aromatic nitrogens is 2. The normalized spacial score (nSPS) is 12.4. The number of ether oxygens (including phenoxy) is 1. The SMILES string of the molecule is CCCNC(C)c1cc(Cl)ccc1OCc1cncn1C. The van der Waals surface area contributed by atoms with E-state index in [4.69, 9.17) is 16.3 Å². The van der Waals surface area contributed by atoms with Gasteiger partial charge >= 0.3 is 0 Å². The van der Waals surface area contributed by atoms with Gasteiger partial charge in [0.2, 0.25) is 0 Å². The molecule has 1 aromatic carbocycles. The average Bonchev–Trinajstić information content (AvgIpc) is 2.88. The van der Waals surface area contributed by atoms with E-state index >= 15 is 0 Å². The molecule has 0 spiro atoms. The first-order valence-corrected chi connectivity index (χ1v) is 7.60. The van der Waals surface area contributed by atoms with Crippen molar-refractivity contribution in [1.29, 1.82) is 0 Å². The molecule has 0 aliphatic carbocycles. The van der Waals surface area contributed by atoms with Crippen LogP contribution in [0.4, 0.5) is 0 Å². The van der Waals surface area contributed by atoms with E-state index in [-0.39, 0.29) is 6.04 Å². The first-order chi connectivity index (χ1) is 10.1. The highest BCUT2D eigenvalue weighted by molar-refractivity contribution is 6.30. The lowest BCUT2D eigenvalue weighted by atomic mass is 10.1. The Hall–Kier alpha value is -1.52. The number of benzene rings is 1. The number of rotatable bonds is 7. The molecule has 0 bridgehead atoms. The van der Waals surface area contributed by atoms with Gasteiger partial charge in [-0.15, -0.1) is 0 Å². The minimum atomic E-state index is 0.199. The van der Waals surface area contributed by atoms with Crippen LogP contribution in [0.15, 0.2) is 30.7 Å². The van der Waals surface area contributed by atoms with E-state index in [1.54, 1.807) is 6.33 Å². The Morgan fingerprint density at radius 2 is 2.24 bits per heavy atom. The molecule has 114 valence electrons. The number of imidazole rings is 1. The van der Waals surface area contributed by atoms with Gasteiger partial charge in [0, 0.05) is 23.7 Å². The van der Waals surface area contributed by atoms with Gasteiger partial charge in [0.1, 0.15) is 12.4 Å². The maximum Gasteiger partial charge on any atom is 0.130 e. The molecule has 1 heterocycles. The van der Waals surface area contributed by atoms with E-state index in [0.717, 1.165) is 35.0 Å². The molecule has 0 aliphatic rings. The van der Waals surface area contributed by atoms with Crippen molar-refractivity contribution in [2.75, 3.05) is 6.54 Å².